The minimum Gasteiger partial charge on any atom is -0.384 e. The first kappa shape index (κ1) is 15.6. The average molecular weight is 301 g/mol. The molecule has 1 aromatic carbocycles. The summed E-state index contributed by atoms with van der Waals surface area (Å²) in [6.45, 7) is 3.75. The topological polar surface area (TPSA) is 33.1 Å². The van der Waals surface area contributed by atoms with Gasteiger partial charge in [-0.3, -0.25) is 0 Å². The van der Waals surface area contributed by atoms with Crippen molar-refractivity contribution in [3.63, 3.8) is 0 Å². The van der Waals surface area contributed by atoms with Gasteiger partial charge in [-0.15, -0.1) is 11.8 Å². The Kier molecular flexibility index (Phi) is 5.38. The third-order valence-electron chi connectivity index (χ3n) is 2.81. The van der Waals surface area contributed by atoms with Crippen molar-refractivity contribution in [2.45, 2.75) is 24.6 Å². The molecule has 21 heavy (non-hydrogen) atoms. The summed E-state index contributed by atoms with van der Waals surface area (Å²) in [6.07, 6.45) is 0. The molecule has 1 heterocycles. The number of hydrogen-bond donors (Lipinski definition) is 1. The Morgan fingerprint density at radius 3 is 2.71 bits per heavy atom. The van der Waals surface area contributed by atoms with Crippen molar-refractivity contribution in [1.29, 1.82) is 0 Å². The third-order valence-corrected chi connectivity index (χ3v) is 3.77. The first-order valence-electron chi connectivity index (χ1n) is 6.55. The number of nitrogens with zero attached hydrogens (tertiary/aromatic N) is 1. The summed E-state index contributed by atoms with van der Waals surface area (Å²) in [6, 6.07) is 8.90. The number of aliphatic hydroxyl groups is 1. The lowest BCUT2D eigenvalue weighted by Crippen LogP contribution is -1.91. The van der Waals surface area contributed by atoms with E-state index >= 15 is 0 Å². The van der Waals surface area contributed by atoms with E-state index in [2.05, 4.69) is 16.8 Å². The fraction of sp³-hybridized carbons (Fsp3) is 0.235. The van der Waals surface area contributed by atoms with Crippen LogP contribution in [0.15, 0.2) is 35.4 Å². The van der Waals surface area contributed by atoms with Crippen LogP contribution in [0, 0.1) is 31.5 Å². The normalized spacial score (nSPS) is 10.1. The van der Waals surface area contributed by atoms with Gasteiger partial charge in [0.15, 0.2) is 0 Å². The number of benzene rings is 1. The molecule has 0 spiro atoms. The van der Waals surface area contributed by atoms with Gasteiger partial charge in [-0.2, -0.15) is 0 Å². The Balaban J connectivity index is 2.09. The fourth-order valence-corrected chi connectivity index (χ4v) is 2.93. The smallest absolute Gasteiger partial charge is 0.128 e. The number of halogens is 1. The Hall–Kier alpha value is -1.83. The molecule has 0 bridgehead atoms. The minimum absolute atomic E-state index is 0.225. The van der Waals surface area contributed by atoms with E-state index < -0.39 is 0 Å². The largest absolute Gasteiger partial charge is 0.384 e. The molecule has 4 heteroatoms. The predicted molar refractivity (Wildman–Crippen MR) is 83.6 cm³/mol. The molecule has 0 atom stereocenters. The van der Waals surface area contributed by atoms with Gasteiger partial charge in [-0.05, 0) is 49.2 Å². The quantitative estimate of drug-likeness (QED) is 0.696. The molecule has 0 unspecified atom stereocenters. The van der Waals surface area contributed by atoms with Crippen LogP contribution in [0.4, 0.5) is 4.39 Å². The van der Waals surface area contributed by atoms with Crippen LogP contribution in [-0.4, -0.2) is 16.7 Å². The standard InChI is InChI=1S/C17H16FNOS/c1-12-8-13(2)19-17(9-12)21-11-15-6-5-14(4-3-7-20)10-16(15)18/h5-6,8-10,20H,7,11H2,1-2H3. The highest BCUT2D eigenvalue weighted by atomic mass is 32.2. The molecule has 0 aliphatic heterocycles. The van der Waals surface area contributed by atoms with Crippen molar-refractivity contribution in [2.75, 3.05) is 6.61 Å². The van der Waals surface area contributed by atoms with Crippen LogP contribution in [0.3, 0.4) is 0 Å². The van der Waals surface area contributed by atoms with Crippen LogP contribution >= 0.6 is 11.8 Å². The second-order valence-corrected chi connectivity index (χ2v) is 5.67. The van der Waals surface area contributed by atoms with Crippen LogP contribution in [0.1, 0.15) is 22.4 Å². The molecule has 1 N–H and O–H groups in total. The van der Waals surface area contributed by atoms with Gasteiger partial charge in [-0.1, -0.05) is 17.9 Å². The summed E-state index contributed by atoms with van der Waals surface area (Å²) in [5.41, 5.74) is 3.31. The first-order valence-corrected chi connectivity index (χ1v) is 7.53. The Morgan fingerprint density at radius 2 is 2.05 bits per heavy atom. The van der Waals surface area contributed by atoms with Crippen molar-refractivity contribution >= 4 is 11.8 Å². The Bertz CT molecular complexity index is 683. The molecule has 0 radical (unpaired) electrons. The molecule has 0 amide bonds. The number of thioether (sulfide) groups is 1. The van der Waals surface area contributed by atoms with E-state index in [1.807, 2.05) is 26.0 Å². The lowest BCUT2D eigenvalue weighted by Gasteiger charge is -2.05. The molecule has 1 aromatic heterocycles. The van der Waals surface area contributed by atoms with E-state index in [0.29, 0.717) is 16.9 Å². The van der Waals surface area contributed by atoms with Crippen molar-refractivity contribution in [3.05, 3.63) is 58.5 Å². The van der Waals surface area contributed by atoms with E-state index in [4.69, 9.17) is 5.11 Å². The highest BCUT2D eigenvalue weighted by molar-refractivity contribution is 7.98. The Labute approximate surface area is 128 Å². The second-order valence-electron chi connectivity index (χ2n) is 4.68. The molecule has 2 rings (SSSR count). The van der Waals surface area contributed by atoms with E-state index in [9.17, 15) is 4.39 Å². The van der Waals surface area contributed by atoms with Crippen molar-refractivity contribution < 1.29 is 9.50 Å². The molecule has 108 valence electrons. The second kappa shape index (κ2) is 7.26. The summed E-state index contributed by atoms with van der Waals surface area (Å²) in [7, 11) is 0. The van der Waals surface area contributed by atoms with Crippen LogP contribution in [-0.2, 0) is 5.75 Å². The molecule has 0 saturated carbocycles. The predicted octanol–water partition coefficient (Wildman–Crippen LogP) is 3.47. The lowest BCUT2D eigenvalue weighted by atomic mass is 10.1. The van der Waals surface area contributed by atoms with Gasteiger partial charge in [0.25, 0.3) is 0 Å². The zero-order chi connectivity index (χ0) is 15.2. The average Bonchev–Trinajstić information content (AvgIpc) is 2.43. The maximum Gasteiger partial charge on any atom is 0.128 e. The highest BCUT2D eigenvalue weighted by Gasteiger charge is 2.05. The highest BCUT2D eigenvalue weighted by Crippen LogP contribution is 2.24. The molecular formula is C17H16FNOS. The molecular weight excluding hydrogens is 285 g/mol. The first-order chi connectivity index (χ1) is 10.1. The van der Waals surface area contributed by atoms with E-state index in [-0.39, 0.29) is 12.4 Å². The summed E-state index contributed by atoms with van der Waals surface area (Å²) < 4.78 is 14.0. The van der Waals surface area contributed by atoms with Gasteiger partial charge in [0, 0.05) is 17.0 Å². The summed E-state index contributed by atoms with van der Waals surface area (Å²) in [5, 5.41) is 9.53. The molecule has 2 aromatic rings. The van der Waals surface area contributed by atoms with Gasteiger partial charge in [0.1, 0.15) is 12.4 Å². The van der Waals surface area contributed by atoms with Gasteiger partial charge in [0.2, 0.25) is 0 Å². The zero-order valence-corrected chi connectivity index (χ0v) is 12.8. The molecule has 0 fully saturated rings. The van der Waals surface area contributed by atoms with Gasteiger partial charge >= 0.3 is 0 Å². The minimum atomic E-state index is -0.281. The number of aromatic nitrogens is 1. The van der Waals surface area contributed by atoms with Crippen molar-refractivity contribution in [2.24, 2.45) is 0 Å². The lowest BCUT2D eigenvalue weighted by molar-refractivity contribution is 0.350. The molecule has 0 aliphatic carbocycles. The summed E-state index contributed by atoms with van der Waals surface area (Å²) in [5.74, 6) is 5.44. The number of pyridine rings is 1. The summed E-state index contributed by atoms with van der Waals surface area (Å²) >= 11 is 1.51. The third kappa shape index (κ3) is 4.59. The monoisotopic (exact) mass is 301 g/mol. The van der Waals surface area contributed by atoms with Crippen LogP contribution < -0.4 is 0 Å². The fourth-order valence-electron chi connectivity index (χ4n) is 1.91. The Morgan fingerprint density at radius 1 is 1.24 bits per heavy atom. The van der Waals surface area contributed by atoms with E-state index in [0.717, 1.165) is 16.3 Å². The van der Waals surface area contributed by atoms with Gasteiger partial charge in [0.05, 0.1) is 5.03 Å². The zero-order valence-electron chi connectivity index (χ0n) is 12.0. The number of hydrogen-bond acceptors (Lipinski definition) is 3. The number of aryl methyl sites for hydroxylation is 2. The molecule has 2 nitrogen and oxygen atoms in total. The van der Waals surface area contributed by atoms with Crippen molar-refractivity contribution in [3.8, 4) is 11.8 Å². The van der Waals surface area contributed by atoms with Crippen LogP contribution in [0.5, 0.6) is 0 Å². The van der Waals surface area contributed by atoms with Crippen LogP contribution in [0.2, 0.25) is 0 Å². The SMILES string of the molecule is Cc1cc(C)nc(SCc2ccc(C#CCO)cc2F)c1. The van der Waals surface area contributed by atoms with Gasteiger partial charge in [-0.25, -0.2) is 9.37 Å². The number of rotatable bonds is 3. The number of aliphatic hydroxyl groups excluding tert-OH is 1. The maximum absolute atomic E-state index is 14.0. The van der Waals surface area contributed by atoms with Crippen molar-refractivity contribution in [1.82, 2.24) is 4.98 Å². The van der Waals surface area contributed by atoms with E-state index in [1.54, 1.807) is 12.1 Å². The van der Waals surface area contributed by atoms with E-state index in [1.165, 1.54) is 17.8 Å². The van der Waals surface area contributed by atoms with Crippen LogP contribution in [0.25, 0.3) is 0 Å². The van der Waals surface area contributed by atoms with Gasteiger partial charge < -0.3 is 5.11 Å². The molecule has 0 saturated heterocycles. The summed E-state index contributed by atoms with van der Waals surface area (Å²) in [4.78, 5) is 4.43. The maximum atomic E-state index is 14.0. The molecule has 0 aliphatic rings.